The Bertz CT molecular complexity index is 1040. The summed E-state index contributed by atoms with van der Waals surface area (Å²) in [6.07, 6.45) is -0.132. The molecule has 0 saturated heterocycles. The molecule has 3 N–H and O–H groups in total. The number of nitrogens with one attached hydrogen (secondary N) is 3. The Balaban J connectivity index is 1.54. The number of hydrazine groups is 1. The lowest BCUT2D eigenvalue weighted by atomic mass is 10.2. The Labute approximate surface area is 163 Å². The SMILES string of the molecule is Cc1sc2nc(CC(=O)NNC(=O)CSc3ccccc3)[nH]c(=O)c2c1C. The Hall–Kier alpha value is -2.65. The molecule has 0 aliphatic heterocycles. The van der Waals surface area contributed by atoms with Crippen molar-refractivity contribution in [3.8, 4) is 0 Å². The molecule has 7 nitrogen and oxygen atoms in total. The lowest BCUT2D eigenvalue weighted by molar-refractivity contribution is -0.127. The zero-order valence-electron chi connectivity index (χ0n) is 14.8. The molecule has 0 saturated carbocycles. The molecule has 0 radical (unpaired) electrons. The topological polar surface area (TPSA) is 104 Å². The van der Waals surface area contributed by atoms with E-state index in [1.807, 2.05) is 44.2 Å². The van der Waals surface area contributed by atoms with Crippen LogP contribution in [0.4, 0.5) is 0 Å². The number of rotatable bonds is 5. The molecule has 0 aliphatic carbocycles. The van der Waals surface area contributed by atoms with Crippen molar-refractivity contribution in [3.05, 3.63) is 57.0 Å². The summed E-state index contributed by atoms with van der Waals surface area (Å²) < 4.78 is 0. The summed E-state index contributed by atoms with van der Waals surface area (Å²) >= 11 is 2.79. The summed E-state index contributed by atoms with van der Waals surface area (Å²) in [6, 6.07) is 9.50. The van der Waals surface area contributed by atoms with E-state index in [1.165, 1.54) is 23.1 Å². The second-order valence-corrected chi connectivity index (χ2v) is 8.10. The summed E-state index contributed by atoms with van der Waals surface area (Å²) in [7, 11) is 0. The molecular formula is C18H18N4O3S2. The second-order valence-electron chi connectivity index (χ2n) is 5.85. The maximum absolute atomic E-state index is 12.2. The fourth-order valence-electron chi connectivity index (χ4n) is 2.42. The molecule has 0 atom stereocenters. The van der Waals surface area contributed by atoms with Crippen LogP contribution in [0.15, 0.2) is 40.0 Å². The molecule has 3 aromatic rings. The minimum absolute atomic E-state index is 0.132. The molecule has 2 heterocycles. The van der Waals surface area contributed by atoms with Crippen molar-refractivity contribution in [2.45, 2.75) is 25.2 Å². The highest BCUT2D eigenvalue weighted by molar-refractivity contribution is 8.00. The van der Waals surface area contributed by atoms with Crippen molar-refractivity contribution in [3.63, 3.8) is 0 Å². The van der Waals surface area contributed by atoms with Gasteiger partial charge in [-0.15, -0.1) is 23.1 Å². The summed E-state index contributed by atoms with van der Waals surface area (Å²) in [5.41, 5.74) is 5.35. The van der Waals surface area contributed by atoms with Gasteiger partial charge in [0.05, 0.1) is 17.6 Å². The summed E-state index contributed by atoms with van der Waals surface area (Å²) in [6.45, 7) is 3.80. The molecule has 9 heteroatoms. The first kappa shape index (κ1) is 19.1. The molecule has 2 aromatic heterocycles. The first-order chi connectivity index (χ1) is 12.9. The molecule has 27 heavy (non-hydrogen) atoms. The Morgan fingerprint density at radius 1 is 1.15 bits per heavy atom. The lowest BCUT2D eigenvalue weighted by Gasteiger charge is -2.07. The molecule has 3 rings (SSSR count). The quantitative estimate of drug-likeness (QED) is 0.448. The van der Waals surface area contributed by atoms with Gasteiger partial charge >= 0.3 is 0 Å². The van der Waals surface area contributed by atoms with Gasteiger partial charge in [0.15, 0.2) is 0 Å². The number of aromatic amines is 1. The first-order valence-electron chi connectivity index (χ1n) is 8.18. The van der Waals surface area contributed by atoms with Gasteiger partial charge in [0.25, 0.3) is 5.56 Å². The second kappa shape index (κ2) is 8.36. The molecule has 0 spiro atoms. The van der Waals surface area contributed by atoms with Gasteiger partial charge in [-0.05, 0) is 31.5 Å². The number of fused-ring (bicyclic) bond motifs is 1. The van der Waals surface area contributed by atoms with E-state index < -0.39 is 5.91 Å². The van der Waals surface area contributed by atoms with E-state index in [2.05, 4.69) is 20.8 Å². The Morgan fingerprint density at radius 2 is 1.85 bits per heavy atom. The van der Waals surface area contributed by atoms with E-state index in [4.69, 9.17) is 0 Å². The Morgan fingerprint density at radius 3 is 2.59 bits per heavy atom. The van der Waals surface area contributed by atoms with Gasteiger partial charge in [-0.2, -0.15) is 0 Å². The van der Waals surface area contributed by atoms with Crippen LogP contribution in [-0.4, -0.2) is 27.5 Å². The van der Waals surface area contributed by atoms with Gasteiger partial charge in [-0.25, -0.2) is 4.98 Å². The third kappa shape index (κ3) is 4.75. The number of nitrogens with zero attached hydrogens (tertiary/aromatic N) is 1. The standard InChI is InChI=1S/C18H18N4O3S2/c1-10-11(2)27-18-16(10)17(25)19-13(20-18)8-14(23)21-22-15(24)9-26-12-6-4-3-5-7-12/h3-7H,8-9H2,1-2H3,(H,21,23)(H,22,24)(H,19,20,25). The monoisotopic (exact) mass is 402 g/mol. The highest BCUT2D eigenvalue weighted by atomic mass is 32.2. The number of amides is 2. The number of thioether (sulfide) groups is 1. The highest BCUT2D eigenvalue weighted by Crippen LogP contribution is 2.25. The van der Waals surface area contributed by atoms with Gasteiger partial charge in [0.1, 0.15) is 10.7 Å². The number of carbonyl (C=O) groups is 2. The molecule has 140 valence electrons. The van der Waals surface area contributed by atoms with Crippen LogP contribution in [0, 0.1) is 13.8 Å². The average molecular weight is 403 g/mol. The zero-order chi connectivity index (χ0) is 19.4. The minimum Gasteiger partial charge on any atom is -0.309 e. The van der Waals surface area contributed by atoms with Crippen LogP contribution in [0.2, 0.25) is 0 Å². The van der Waals surface area contributed by atoms with Crippen molar-refractivity contribution >= 4 is 45.1 Å². The van der Waals surface area contributed by atoms with Crippen LogP contribution < -0.4 is 16.4 Å². The van der Waals surface area contributed by atoms with Crippen LogP contribution >= 0.6 is 23.1 Å². The van der Waals surface area contributed by atoms with Crippen LogP contribution in [-0.2, 0) is 16.0 Å². The van der Waals surface area contributed by atoms with E-state index in [-0.39, 0.29) is 29.5 Å². The molecular weight excluding hydrogens is 384 g/mol. The maximum Gasteiger partial charge on any atom is 0.259 e. The van der Waals surface area contributed by atoms with E-state index in [0.29, 0.717) is 10.2 Å². The number of hydrogen-bond acceptors (Lipinski definition) is 6. The number of hydrogen-bond donors (Lipinski definition) is 3. The predicted octanol–water partition coefficient (Wildman–Crippen LogP) is 2.08. The van der Waals surface area contributed by atoms with E-state index >= 15 is 0 Å². The third-order valence-electron chi connectivity index (χ3n) is 3.87. The number of H-pyrrole nitrogens is 1. The maximum atomic E-state index is 12.2. The lowest BCUT2D eigenvalue weighted by Crippen LogP contribution is -2.43. The van der Waals surface area contributed by atoms with E-state index in [0.717, 1.165) is 15.3 Å². The molecule has 0 bridgehead atoms. The largest absolute Gasteiger partial charge is 0.309 e. The first-order valence-corrected chi connectivity index (χ1v) is 9.98. The molecule has 0 fully saturated rings. The van der Waals surface area contributed by atoms with Crippen molar-refractivity contribution < 1.29 is 9.59 Å². The number of carbonyl (C=O) groups excluding carboxylic acids is 2. The number of thiophene rings is 1. The van der Waals surface area contributed by atoms with Crippen LogP contribution in [0.1, 0.15) is 16.3 Å². The van der Waals surface area contributed by atoms with Crippen LogP contribution in [0.5, 0.6) is 0 Å². The molecule has 1 aromatic carbocycles. The summed E-state index contributed by atoms with van der Waals surface area (Å²) in [4.78, 5) is 45.6. The number of aryl methyl sites for hydroxylation is 2. The third-order valence-corrected chi connectivity index (χ3v) is 5.98. The summed E-state index contributed by atoms with van der Waals surface area (Å²) in [5.74, 6) is -0.336. The number of aromatic nitrogens is 2. The van der Waals surface area contributed by atoms with Crippen LogP contribution in [0.3, 0.4) is 0 Å². The van der Waals surface area contributed by atoms with Crippen molar-refractivity contribution in [1.82, 2.24) is 20.8 Å². The number of benzene rings is 1. The van der Waals surface area contributed by atoms with Crippen LogP contribution in [0.25, 0.3) is 10.2 Å². The predicted molar refractivity (Wildman–Crippen MR) is 107 cm³/mol. The van der Waals surface area contributed by atoms with Gasteiger partial charge in [0, 0.05) is 9.77 Å². The average Bonchev–Trinajstić information content (AvgIpc) is 2.93. The Kier molecular flexibility index (Phi) is 5.92. The fourth-order valence-corrected chi connectivity index (χ4v) is 4.19. The molecule has 0 aliphatic rings. The smallest absolute Gasteiger partial charge is 0.259 e. The van der Waals surface area contributed by atoms with Gasteiger partial charge in [-0.1, -0.05) is 18.2 Å². The molecule has 0 unspecified atom stereocenters. The van der Waals surface area contributed by atoms with Crippen molar-refractivity contribution in [2.75, 3.05) is 5.75 Å². The normalized spacial score (nSPS) is 10.7. The van der Waals surface area contributed by atoms with Gasteiger partial charge in [-0.3, -0.25) is 25.2 Å². The van der Waals surface area contributed by atoms with Gasteiger partial charge in [0.2, 0.25) is 11.8 Å². The van der Waals surface area contributed by atoms with Crippen molar-refractivity contribution in [1.29, 1.82) is 0 Å². The van der Waals surface area contributed by atoms with Crippen molar-refractivity contribution in [2.24, 2.45) is 0 Å². The molecule has 2 amide bonds. The van der Waals surface area contributed by atoms with E-state index in [9.17, 15) is 14.4 Å². The minimum atomic E-state index is -0.458. The van der Waals surface area contributed by atoms with Gasteiger partial charge < -0.3 is 4.98 Å². The highest BCUT2D eigenvalue weighted by Gasteiger charge is 2.14. The summed E-state index contributed by atoms with van der Waals surface area (Å²) in [5, 5.41) is 0.563. The van der Waals surface area contributed by atoms with E-state index in [1.54, 1.807) is 0 Å². The fraction of sp³-hybridized carbons (Fsp3) is 0.222. The zero-order valence-corrected chi connectivity index (χ0v) is 16.4.